The SMILES string of the molecule is O=C1C=C(Br)C(=O)c2c(Br)ccnc21. The molecule has 70 valence electrons. The van der Waals surface area contributed by atoms with Gasteiger partial charge < -0.3 is 0 Å². The first-order valence-electron chi connectivity index (χ1n) is 3.72. The zero-order chi connectivity index (χ0) is 10.3. The average Bonchev–Trinajstić information content (AvgIpc) is 2.14. The molecule has 0 saturated carbocycles. The van der Waals surface area contributed by atoms with Crippen molar-refractivity contribution in [2.24, 2.45) is 0 Å². The van der Waals surface area contributed by atoms with Crippen LogP contribution >= 0.6 is 31.9 Å². The van der Waals surface area contributed by atoms with Gasteiger partial charge >= 0.3 is 0 Å². The third kappa shape index (κ3) is 1.36. The van der Waals surface area contributed by atoms with Crippen molar-refractivity contribution in [2.45, 2.75) is 0 Å². The minimum absolute atomic E-state index is 0.201. The third-order valence-corrected chi connectivity index (χ3v) is 3.09. The van der Waals surface area contributed by atoms with E-state index in [1.54, 1.807) is 6.07 Å². The van der Waals surface area contributed by atoms with E-state index in [1.165, 1.54) is 12.3 Å². The fraction of sp³-hybridized carbons (Fsp3) is 0. The van der Waals surface area contributed by atoms with Crippen LogP contribution in [0.4, 0.5) is 0 Å². The van der Waals surface area contributed by atoms with E-state index < -0.39 is 0 Å². The first-order chi connectivity index (χ1) is 6.61. The van der Waals surface area contributed by atoms with Crippen LogP contribution in [0.15, 0.2) is 27.3 Å². The summed E-state index contributed by atoms with van der Waals surface area (Å²) in [5.74, 6) is -0.479. The van der Waals surface area contributed by atoms with Crippen LogP contribution in [-0.2, 0) is 0 Å². The maximum atomic E-state index is 11.6. The van der Waals surface area contributed by atoms with Crippen molar-refractivity contribution < 1.29 is 9.59 Å². The summed E-state index contributed by atoms with van der Waals surface area (Å²) in [5, 5.41) is 0. The highest BCUT2D eigenvalue weighted by Gasteiger charge is 2.27. The lowest BCUT2D eigenvalue weighted by molar-refractivity contribution is 0.0987. The number of pyridine rings is 1. The molecule has 1 aromatic heterocycles. The minimum Gasteiger partial charge on any atom is -0.288 e. The second-order valence-electron chi connectivity index (χ2n) is 2.70. The zero-order valence-electron chi connectivity index (χ0n) is 6.75. The Morgan fingerprint density at radius 3 is 2.64 bits per heavy atom. The van der Waals surface area contributed by atoms with Crippen LogP contribution < -0.4 is 0 Å². The molecule has 0 bridgehead atoms. The second-order valence-corrected chi connectivity index (χ2v) is 4.41. The van der Waals surface area contributed by atoms with E-state index in [4.69, 9.17) is 0 Å². The molecule has 1 aliphatic rings. The molecule has 0 fully saturated rings. The number of allylic oxidation sites excluding steroid dienone is 2. The summed E-state index contributed by atoms with van der Waals surface area (Å²) in [7, 11) is 0. The van der Waals surface area contributed by atoms with Crippen molar-refractivity contribution in [3.8, 4) is 0 Å². The van der Waals surface area contributed by atoms with Crippen LogP contribution in [0, 0.1) is 0 Å². The molecule has 1 heterocycles. The van der Waals surface area contributed by atoms with Gasteiger partial charge in [0, 0.05) is 16.7 Å². The first kappa shape index (κ1) is 9.73. The van der Waals surface area contributed by atoms with Crippen molar-refractivity contribution in [2.75, 3.05) is 0 Å². The highest BCUT2D eigenvalue weighted by Crippen LogP contribution is 2.28. The molecule has 1 aliphatic carbocycles. The molecule has 0 spiro atoms. The van der Waals surface area contributed by atoms with Crippen LogP contribution in [0.3, 0.4) is 0 Å². The van der Waals surface area contributed by atoms with Crippen molar-refractivity contribution in [1.29, 1.82) is 0 Å². The summed E-state index contributed by atoms with van der Waals surface area (Å²) >= 11 is 6.26. The monoisotopic (exact) mass is 315 g/mol. The number of hydrogen-bond donors (Lipinski definition) is 0. The maximum absolute atomic E-state index is 11.6. The van der Waals surface area contributed by atoms with Gasteiger partial charge in [-0.3, -0.25) is 14.6 Å². The third-order valence-electron chi connectivity index (χ3n) is 1.84. The lowest BCUT2D eigenvalue weighted by atomic mass is 10.0. The Hall–Kier alpha value is -0.810. The smallest absolute Gasteiger partial charge is 0.206 e. The molecule has 3 nitrogen and oxygen atoms in total. The van der Waals surface area contributed by atoms with Gasteiger partial charge in [-0.05, 0) is 37.9 Å². The molecule has 0 aromatic carbocycles. The normalized spacial score (nSPS) is 15.1. The molecule has 5 heteroatoms. The lowest BCUT2D eigenvalue weighted by Crippen LogP contribution is -2.16. The van der Waals surface area contributed by atoms with Crippen LogP contribution in [0.25, 0.3) is 0 Å². The topological polar surface area (TPSA) is 47.0 Å². The van der Waals surface area contributed by atoms with Crippen molar-refractivity contribution in [1.82, 2.24) is 4.98 Å². The van der Waals surface area contributed by atoms with Gasteiger partial charge in [-0.25, -0.2) is 0 Å². The number of rotatable bonds is 0. The molecule has 14 heavy (non-hydrogen) atoms. The number of carbonyl (C=O) groups excluding carboxylic acids is 2. The van der Waals surface area contributed by atoms with Gasteiger partial charge in [0.05, 0.1) is 10.0 Å². The van der Waals surface area contributed by atoms with Crippen LogP contribution in [-0.4, -0.2) is 16.6 Å². The van der Waals surface area contributed by atoms with Gasteiger partial charge in [0.25, 0.3) is 0 Å². The highest BCUT2D eigenvalue weighted by atomic mass is 79.9. The number of hydrogen-bond acceptors (Lipinski definition) is 3. The van der Waals surface area contributed by atoms with Gasteiger partial charge in [0.1, 0.15) is 5.69 Å². The Morgan fingerprint density at radius 1 is 1.21 bits per heavy atom. The Balaban J connectivity index is 2.76. The fourth-order valence-electron chi connectivity index (χ4n) is 1.21. The van der Waals surface area contributed by atoms with E-state index in [-0.39, 0.29) is 21.7 Å². The molecule has 0 atom stereocenters. The van der Waals surface area contributed by atoms with Gasteiger partial charge in [0.15, 0.2) is 0 Å². The Bertz CT molecular complexity index is 480. The molecule has 0 radical (unpaired) electrons. The van der Waals surface area contributed by atoms with Crippen molar-refractivity contribution >= 4 is 43.4 Å². The molecule has 0 N–H and O–H groups in total. The van der Waals surface area contributed by atoms with Crippen LogP contribution in [0.1, 0.15) is 20.8 Å². The molecule has 0 unspecified atom stereocenters. The van der Waals surface area contributed by atoms with E-state index in [1.807, 2.05) is 0 Å². The largest absolute Gasteiger partial charge is 0.288 e. The Labute approximate surface area is 96.5 Å². The second kappa shape index (κ2) is 3.40. The van der Waals surface area contributed by atoms with Crippen molar-refractivity contribution in [3.05, 3.63) is 38.6 Å². The number of carbonyl (C=O) groups is 2. The van der Waals surface area contributed by atoms with Gasteiger partial charge in [0.2, 0.25) is 11.6 Å². The predicted octanol–water partition coefficient (Wildman–Crippen LogP) is 2.50. The average molecular weight is 317 g/mol. The summed E-state index contributed by atoms with van der Waals surface area (Å²) in [6.45, 7) is 0. The summed E-state index contributed by atoms with van der Waals surface area (Å²) < 4.78 is 0.856. The van der Waals surface area contributed by atoms with E-state index in [2.05, 4.69) is 36.8 Å². The van der Waals surface area contributed by atoms with Gasteiger partial charge in [-0.2, -0.15) is 0 Å². The Kier molecular flexibility index (Phi) is 2.36. The Morgan fingerprint density at radius 2 is 1.93 bits per heavy atom. The number of fused-ring (bicyclic) bond motifs is 1. The first-order valence-corrected chi connectivity index (χ1v) is 5.30. The molecule has 0 saturated heterocycles. The van der Waals surface area contributed by atoms with Crippen LogP contribution in [0.5, 0.6) is 0 Å². The standard InChI is InChI=1S/C9H3Br2NO2/c10-4-1-2-12-8-6(13)3-5(11)9(14)7(4)8/h1-3H. The number of ketones is 2. The summed E-state index contributed by atoms with van der Waals surface area (Å²) in [6, 6.07) is 1.63. The van der Waals surface area contributed by atoms with Crippen LogP contribution in [0.2, 0.25) is 0 Å². The number of nitrogens with zero attached hydrogens (tertiary/aromatic N) is 1. The molecule has 0 amide bonds. The maximum Gasteiger partial charge on any atom is 0.206 e. The highest BCUT2D eigenvalue weighted by molar-refractivity contribution is 9.12. The molecular weight excluding hydrogens is 314 g/mol. The quantitative estimate of drug-likeness (QED) is 0.739. The molecule has 2 rings (SSSR count). The van der Waals surface area contributed by atoms with E-state index in [0.29, 0.717) is 10.0 Å². The van der Waals surface area contributed by atoms with Gasteiger partial charge in [-0.15, -0.1) is 0 Å². The number of Topliss-reactive ketones (excluding diaryl/α,β-unsaturated/α-hetero) is 1. The molecule has 0 aliphatic heterocycles. The van der Waals surface area contributed by atoms with Crippen molar-refractivity contribution in [3.63, 3.8) is 0 Å². The summed E-state index contributed by atoms with van der Waals surface area (Å²) in [4.78, 5) is 27.0. The van der Waals surface area contributed by atoms with E-state index in [0.717, 1.165) is 0 Å². The summed E-state index contributed by atoms with van der Waals surface area (Å²) in [6.07, 6.45) is 2.73. The molecular formula is C9H3Br2NO2. The summed E-state index contributed by atoms with van der Waals surface area (Å²) in [5.41, 5.74) is 0.527. The van der Waals surface area contributed by atoms with E-state index in [9.17, 15) is 9.59 Å². The predicted molar refractivity (Wildman–Crippen MR) is 57.6 cm³/mol. The fourth-order valence-corrected chi connectivity index (χ4v) is 2.10. The lowest BCUT2D eigenvalue weighted by Gasteiger charge is -2.11. The minimum atomic E-state index is -0.257. The zero-order valence-corrected chi connectivity index (χ0v) is 9.92. The number of halogens is 2. The number of aromatic nitrogens is 1. The van der Waals surface area contributed by atoms with Gasteiger partial charge in [-0.1, -0.05) is 0 Å². The van der Waals surface area contributed by atoms with E-state index >= 15 is 0 Å². The molecule has 1 aromatic rings.